The lowest BCUT2D eigenvalue weighted by Gasteiger charge is -2.25. The van der Waals surface area contributed by atoms with E-state index in [2.05, 4.69) is 23.7 Å². The summed E-state index contributed by atoms with van der Waals surface area (Å²) in [5.74, 6) is 1.30. The minimum absolute atomic E-state index is 0.00639. The van der Waals surface area contributed by atoms with Gasteiger partial charge in [-0.1, -0.05) is 13.8 Å². The third-order valence-electron chi connectivity index (χ3n) is 2.87. The van der Waals surface area contributed by atoms with Crippen molar-refractivity contribution in [3.63, 3.8) is 0 Å². The molecule has 0 amide bonds. The first kappa shape index (κ1) is 12.6. The van der Waals surface area contributed by atoms with Gasteiger partial charge in [0.15, 0.2) is 0 Å². The van der Waals surface area contributed by atoms with Crippen LogP contribution in [0.2, 0.25) is 0 Å². The van der Waals surface area contributed by atoms with Crippen LogP contribution in [0.1, 0.15) is 26.7 Å². The van der Waals surface area contributed by atoms with Crippen LogP contribution in [0.15, 0.2) is 12.1 Å². The molecule has 0 atom stereocenters. The van der Waals surface area contributed by atoms with Crippen molar-refractivity contribution in [2.24, 2.45) is 5.92 Å². The molecule has 0 spiro atoms. The zero-order valence-electron chi connectivity index (χ0n) is 10.7. The quantitative estimate of drug-likeness (QED) is 0.639. The van der Waals surface area contributed by atoms with Crippen LogP contribution in [0.3, 0.4) is 0 Å². The van der Waals surface area contributed by atoms with Crippen molar-refractivity contribution in [3.8, 4) is 0 Å². The van der Waals surface area contributed by atoms with Crippen molar-refractivity contribution >= 4 is 17.3 Å². The zero-order valence-corrected chi connectivity index (χ0v) is 10.7. The highest BCUT2D eigenvalue weighted by Crippen LogP contribution is 2.33. The van der Waals surface area contributed by atoms with Crippen LogP contribution < -0.4 is 10.6 Å². The molecule has 1 aromatic rings. The molecule has 6 nitrogen and oxygen atoms in total. The van der Waals surface area contributed by atoms with Gasteiger partial charge in [-0.3, -0.25) is 10.1 Å². The summed E-state index contributed by atoms with van der Waals surface area (Å²) in [5, 5.41) is 10.8. The van der Waals surface area contributed by atoms with Crippen LogP contribution in [0.5, 0.6) is 0 Å². The van der Waals surface area contributed by atoms with E-state index in [9.17, 15) is 10.1 Å². The lowest BCUT2D eigenvalue weighted by Crippen LogP contribution is -2.30. The highest BCUT2D eigenvalue weighted by Gasteiger charge is 2.31. The highest BCUT2D eigenvalue weighted by atomic mass is 16.6. The van der Waals surface area contributed by atoms with Gasteiger partial charge >= 0.3 is 0 Å². The van der Waals surface area contributed by atoms with Crippen LogP contribution in [-0.2, 0) is 0 Å². The van der Waals surface area contributed by atoms with Gasteiger partial charge in [-0.15, -0.1) is 0 Å². The van der Waals surface area contributed by atoms with E-state index in [-0.39, 0.29) is 11.5 Å². The summed E-state index contributed by atoms with van der Waals surface area (Å²) in [4.78, 5) is 16.8. The Hall–Kier alpha value is -1.85. The Morgan fingerprint density at radius 3 is 2.72 bits per heavy atom. The predicted molar refractivity (Wildman–Crippen MR) is 70.5 cm³/mol. The second-order valence-corrected chi connectivity index (χ2v) is 5.14. The van der Waals surface area contributed by atoms with Crippen molar-refractivity contribution in [1.82, 2.24) is 4.98 Å². The maximum absolute atomic E-state index is 10.8. The summed E-state index contributed by atoms with van der Waals surface area (Å²) in [6, 6.07) is 3.27. The standard InChI is InChI=1S/C12H18N4O2/c1-8(2)7-15(9-3-4-9)12-6-10(16(17)18)5-11(13)14-12/h5-6,8-9H,3-4,7H2,1-2H3,(H2,13,14). The van der Waals surface area contributed by atoms with Gasteiger partial charge < -0.3 is 10.6 Å². The summed E-state index contributed by atoms with van der Waals surface area (Å²) < 4.78 is 0. The summed E-state index contributed by atoms with van der Waals surface area (Å²) >= 11 is 0. The van der Waals surface area contributed by atoms with E-state index >= 15 is 0 Å². The maximum atomic E-state index is 10.8. The number of nitrogen functional groups attached to an aromatic ring is 1. The van der Waals surface area contributed by atoms with E-state index in [0.29, 0.717) is 17.8 Å². The SMILES string of the molecule is CC(C)CN(c1cc([N+](=O)[O-])cc(N)n1)C1CC1. The molecule has 0 radical (unpaired) electrons. The topological polar surface area (TPSA) is 85.3 Å². The van der Waals surface area contributed by atoms with E-state index in [0.717, 1.165) is 19.4 Å². The van der Waals surface area contributed by atoms with Gasteiger partial charge in [0.05, 0.1) is 17.1 Å². The van der Waals surface area contributed by atoms with Gasteiger partial charge in [-0.2, -0.15) is 0 Å². The van der Waals surface area contributed by atoms with Crippen LogP contribution >= 0.6 is 0 Å². The predicted octanol–water partition coefficient (Wildman–Crippen LogP) is 2.20. The lowest BCUT2D eigenvalue weighted by atomic mass is 10.2. The largest absolute Gasteiger partial charge is 0.383 e. The second-order valence-electron chi connectivity index (χ2n) is 5.14. The summed E-state index contributed by atoms with van der Waals surface area (Å²) in [6.07, 6.45) is 2.24. The number of anilines is 2. The van der Waals surface area contributed by atoms with Gasteiger partial charge in [-0.05, 0) is 18.8 Å². The number of pyridine rings is 1. The van der Waals surface area contributed by atoms with E-state index in [1.807, 2.05) is 0 Å². The smallest absolute Gasteiger partial charge is 0.276 e. The molecule has 1 heterocycles. The van der Waals surface area contributed by atoms with Crippen molar-refractivity contribution < 1.29 is 4.92 Å². The molecule has 0 saturated heterocycles. The van der Waals surface area contributed by atoms with E-state index in [4.69, 9.17) is 5.73 Å². The monoisotopic (exact) mass is 250 g/mol. The number of aromatic nitrogens is 1. The summed E-state index contributed by atoms with van der Waals surface area (Å²) in [5.41, 5.74) is 5.65. The van der Waals surface area contributed by atoms with Crippen molar-refractivity contribution in [2.45, 2.75) is 32.7 Å². The molecule has 2 rings (SSSR count). The second kappa shape index (κ2) is 4.80. The fourth-order valence-corrected chi connectivity index (χ4v) is 1.98. The molecular weight excluding hydrogens is 232 g/mol. The first-order chi connectivity index (χ1) is 8.47. The molecule has 0 aromatic carbocycles. The first-order valence-corrected chi connectivity index (χ1v) is 6.16. The number of rotatable bonds is 5. The molecule has 1 aromatic heterocycles. The van der Waals surface area contributed by atoms with Crippen LogP contribution in [0.4, 0.5) is 17.3 Å². The highest BCUT2D eigenvalue weighted by molar-refractivity contribution is 5.55. The lowest BCUT2D eigenvalue weighted by molar-refractivity contribution is -0.384. The average molecular weight is 250 g/mol. The first-order valence-electron chi connectivity index (χ1n) is 6.16. The molecule has 0 aliphatic heterocycles. The molecule has 1 aliphatic carbocycles. The summed E-state index contributed by atoms with van der Waals surface area (Å²) in [6.45, 7) is 5.09. The Morgan fingerprint density at radius 1 is 1.56 bits per heavy atom. The van der Waals surface area contributed by atoms with Crippen LogP contribution in [0.25, 0.3) is 0 Å². The van der Waals surface area contributed by atoms with Gasteiger partial charge in [0, 0.05) is 12.6 Å². The minimum Gasteiger partial charge on any atom is -0.383 e. The average Bonchev–Trinajstić information content (AvgIpc) is 3.08. The number of nitrogens with two attached hydrogens (primary N) is 1. The maximum Gasteiger partial charge on any atom is 0.276 e. The Bertz CT molecular complexity index is 457. The molecular formula is C12H18N4O2. The zero-order chi connectivity index (χ0) is 13.3. The molecule has 2 N–H and O–H groups in total. The Kier molecular flexibility index (Phi) is 3.36. The van der Waals surface area contributed by atoms with Crippen LogP contribution in [-0.4, -0.2) is 22.5 Å². The molecule has 1 fully saturated rings. The molecule has 98 valence electrons. The third-order valence-corrected chi connectivity index (χ3v) is 2.87. The third kappa shape index (κ3) is 2.88. The fourth-order valence-electron chi connectivity index (χ4n) is 1.98. The van der Waals surface area contributed by atoms with Crippen LogP contribution in [0, 0.1) is 16.0 Å². The van der Waals surface area contributed by atoms with E-state index in [1.165, 1.54) is 12.1 Å². The minimum atomic E-state index is -0.429. The van der Waals surface area contributed by atoms with E-state index in [1.54, 1.807) is 0 Å². The molecule has 1 saturated carbocycles. The van der Waals surface area contributed by atoms with Gasteiger partial charge in [0.2, 0.25) is 0 Å². The summed E-state index contributed by atoms with van der Waals surface area (Å²) in [7, 11) is 0. The van der Waals surface area contributed by atoms with Crippen molar-refractivity contribution in [1.29, 1.82) is 0 Å². The van der Waals surface area contributed by atoms with Crippen molar-refractivity contribution in [2.75, 3.05) is 17.2 Å². The van der Waals surface area contributed by atoms with Gasteiger partial charge in [0.1, 0.15) is 11.6 Å². The molecule has 18 heavy (non-hydrogen) atoms. The fraction of sp³-hybridized carbons (Fsp3) is 0.583. The number of nitrogens with zero attached hydrogens (tertiary/aromatic N) is 3. The molecule has 1 aliphatic rings. The van der Waals surface area contributed by atoms with Gasteiger partial charge in [-0.25, -0.2) is 4.98 Å². The molecule has 6 heteroatoms. The Labute approximate surface area is 106 Å². The van der Waals surface area contributed by atoms with Crippen molar-refractivity contribution in [3.05, 3.63) is 22.2 Å². The number of hydrogen-bond donors (Lipinski definition) is 1. The Morgan fingerprint density at radius 2 is 2.22 bits per heavy atom. The molecule has 0 unspecified atom stereocenters. The molecule has 0 bridgehead atoms. The van der Waals surface area contributed by atoms with E-state index < -0.39 is 4.92 Å². The van der Waals surface area contributed by atoms with Gasteiger partial charge in [0.25, 0.3) is 5.69 Å². The normalized spacial score (nSPS) is 14.8. The number of nitro groups is 1. The Balaban J connectivity index is 2.31. The number of hydrogen-bond acceptors (Lipinski definition) is 5.